The van der Waals surface area contributed by atoms with E-state index in [0.717, 1.165) is 0 Å². The van der Waals surface area contributed by atoms with Gasteiger partial charge in [-0.05, 0) is 0 Å². The molecule has 0 aromatic rings. The molecule has 0 aliphatic rings. The Balaban J connectivity index is 4.01. The van der Waals surface area contributed by atoms with Crippen LogP contribution in [0.5, 0.6) is 0 Å². The Hall–Kier alpha value is -0.530. The third-order valence-electron chi connectivity index (χ3n) is 0.776. The predicted octanol–water partition coefficient (Wildman–Crippen LogP) is 2.42. The maximum Gasteiger partial charge on any atom is 0.425 e. The van der Waals surface area contributed by atoms with Crippen molar-refractivity contribution in [1.82, 2.24) is 0 Å². The van der Waals surface area contributed by atoms with E-state index in [1.165, 1.54) is 0 Å². The van der Waals surface area contributed by atoms with Gasteiger partial charge in [0.15, 0.2) is 0 Å². The first kappa shape index (κ1) is 11.5. The number of ether oxygens (including phenoxy) is 1. The van der Waals surface area contributed by atoms with E-state index >= 15 is 0 Å². The van der Waals surface area contributed by atoms with Crippen LogP contribution in [0.4, 0.5) is 30.7 Å². The lowest BCUT2D eigenvalue weighted by Gasteiger charge is -2.15. The molecule has 0 aliphatic heterocycles. The topological polar surface area (TPSA) is 9.23 Å². The highest BCUT2D eigenvalue weighted by molar-refractivity contribution is 4.68. The van der Waals surface area contributed by atoms with Gasteiger partial charge >= 0.3 is 12.8 Å². The molecule has 1 nitrogen and oxygen atoms in total. The SMILES string of the molecule is FC(F)OC(F)C(F)C(F)(F)F. The van der Waals surface area contributed by atoms with Crippen molar-refractivity contribution in [1.29, 1.82) is 0 Å². The molecule has 0 rings (SSSR count). The van der Waals surface area contributed by atoms with Gasteiger partial charge in [-0.1, -0.05) is 0 Å². The van der Waals surface area contributed by atoms with E-state index < -0.39 is 25.3 Å². The highest BCUT2D eigenvalue weighted by Crippen LogP contribution is 2.28. The van der Waals surface area contributed by atoms with E-state index in [4.69, 9.17) is 0 Å². The summed E-state index contributed by atoms with van der Waals surface area (Å²) in [5, 5.41) is 0. The van der Waals surface area contributed by atoms with E-state index in [2.05, 4.69) is 4.74 Å². The smallest absolute Gasteiger partial charge is 0.285 e. The quantitative estimate of drug-likeness (QED) is 0.635. The Bertz CT molecular complexity index is 132. The van der Waals surface area contributed by atoms with E-state index in [1.807, 2.05) is 0 Å². The maximum absolute atomic E-state index is 11.7. The predicted molar refractivity (Wildman–Crippen MR) is 22.9 cm³/mol. The zero-order valence-electron chi connectivity index (χ0n) is 5.29. The fourth-order valence-corrected chi connectivity index (χ4v) is 0.316. The Labute approximate surface area is 62.1 Å². The number of hydrogen-bond acceptors (Lipinski definition) is 1. The van der Waals surface area contributed by atoms with Crippen molar-refractivity contribution in [3.05, 3.63) is 0 Å². The number of halogens is 7. The average molecular weight is 200 g/mol. The summed E-state index contributed by atoms with van der Waals surface area (Å²) in [6.45, 7) is -3.78. The Kier molecular flexibility index (Phi) is 3.75. The lowest BCUT2D eigenvalue weighted by Crippen LogP contribution is -2.36. The van der Waals surface area contributed by atoms with Crippen molar-refractivity contribution in [2.45, 2.75) is 25.3 Å². The average Bonchev–Trinajstić information content (AvgIpc) is 1.82. The number of hydrogen-bond donors (Lipinski definition) is 0. The summed E-state index contributed by atoms with van der Waals surface area (Å²) < 4.78 is 81.8. The minimum absolute atomic E-state index is 2.64. The third-order valence-corrected chi connectivity index (χ3v) is 0.776. The van der Waals surface area contributed by atoms with Crippen LogP contribution in [-0.4, -0.2) is 25.3 Å². The highest BCUT2D eigenvalue weighted by atomic mass is 19.4. The maximum atomic E-state index is 11.7. The molecule has 2 unspecified atom stereocenters. The number of rotatable bonds is 3. The van der Waals surface area contributed by atoms with Crippen LogP contribution >= 0.6 is 0 Å². The van der Waals surface area contributed by atoms with E-state index in [9.17, 15) is 30.7 Å². The molecule has 12 heavy (non-hydrogen) atoms. The van der Waals surface area contributed by atoms with Gasteiger partial charge in [-0.2, -0.15) is 22.0 Å². The van der Waals surface area contributed by atoms with Crippen molar-refractivity contribution in [3.8, 4) is 0 Å². The molecule has 0 aromatic heterocycles. The van der Waals surface area contributed by atoms with Gasteiger partial charge in [-0.15, -0.1) is 0 Å². The molecular formula is C4H3F7O. The van der Waals surface area contributed by atoms with Crippen LogP contribution in [0.2, 0.25) is 0 Å². The molecule has 0 spiro atoms. The second-order valence-corrected chi connectivity index (χ2v) is 1.69. The molecule has 0 saturated carbocycles. The monoisotopic (exact) mass is 200 g/mol. The first-order chi connectivity index (χ1) is 5.25. The molecule has 0 heterocycles. The molecule has 0 aromatic carbocycles. The van der Waals surface area contributed by atoms with Crippen LogP contribution in [-0.2, 0) is 4.74 Å². The van der Waals surface area contributed by atoms with Gasteiger partial charge in [0.25, 0.3) is 6.17 Å². The Morgan fingerprint density at radius 3 is 1.58 bits per heavy atom. The van der Waals surface area contributed by atoms with Crippen molar-refractivity contribution in [2.24, 2.45) is 0 Å². The molecule has 0 amide bonds. The van der Waals surface area contributed by atoms with Crippen LogP contribution in [0.15, 0.2) is 0 Å². The van der Waals surface area contributed by atoms with Gasteiger partial charge in [-0.3, -0.25) is 4.74 Å². The van der Waals surface area contributed by atoms with Crippen LogP contribution in [0.25, 0.3) is 0 Å². The first-order valence-electron chi connectivity index (χ1n) is 2.53. The van der Waals surface area contributed by atoms with Crippen LogP contribution in [0, 0.1) is 0 Å². The second kappa shape index (κ2) is 3.92. The van der Waals surface area contributed by atoms with Gasteiger partial charge in [0.05, 0.1) is 0 Å². The second-order valence-electron chi connectivity index (χ2n) is 1.69. The summed E-state index contributed by atoms with van der Waals surface area (Å²) in [6, 6.07) is 0. The van der Waals surface area contributed by atoms with Gasteiger partial charge in [-0.25, -0.2) is 8.78 Å². The summed E-state index contributed by atoms with van der Waals surface area (Å²) in [5.41, 5.74) is 0. The molecule has 0 radical (unpaired) electrons. The van der Waals surface area contributed by atoms with Crippen LogP contribution in [0.1, 0.15) is 0 Å². The summed E-state index contributed by atoms with van der Waals surface area (Å²) in [7, 11) is 0. The largest absolute Gasteiger partial charge is 0.425 e. The molecule has 0 N–H and O–H groups in total. The van der Waals surface area contributed by atoms with Crippen molar-refractivity contribution >= 4 is 0 Å². The molecule has 0 saturated heterocycles. The zero-order chi connectivity index (χ0) is 9.94. The van der Waals surface area contributed by atoms with Gasteiger partial charge in [0, 0.05) is 0 Å². The fourth-order valence-electron chi connectivity index (χ4n) is 0.316. The lowest BCUT2D eigenvalue weighted by atomic mass is 10.4. The van der Waals surface area contributed by atoms with Crippen molar-refractivity contribution in [3.63, 3.8) is 0 Å². The molecular weight excluding hydrogens is 197 g/mol. The molecule has 0 fully saturated rings. The zero-order valence-corrected chi connectivity index (χ0v) is 5.29. The molecule has 74 valence electrons. The molecule has 0 bridgehead atoms. The summed E-state index contributed by atoms with van der Waals surface area (Å²) in [4.78, 5) is 0. The standard InChI is InChI=1S/C4H3F7O/c5-1(4(9,10)11)2(6)12-3(7)8/h1-3H. The third kappa shape index (κ3) is 3.74. The minimum atomic E-state index is -5.53. The van der Waals surface area contributed by atoms with Crippen LogP contribution in [0.3, 0.4) is 0 Å². The summed E-state index contributed by atoms with van der Waals surface area (Å²) in [5.74, 6) is 0. The van der Waals surface area contributed by atoms with Gasteiger partial charge in [0.1, 0.15) is 0 Å². The van der Waals surface area contributed by atoms with Crippen molar-refractivity contribution in [2.75, 3.05) is 0 Å². The minimum Gasteiger partial charge on any atom is -0.285 e. The number of alkyl halides is 7. The Morgan fingerprint density at radius 2 is 1.33 bits per heavy atom. The molecule has 0 aliphatic carbocycles. The van der Waals surface area contributed by atoms with E-state index in [1.54, 1.807) is 0 Å². The van der Waals surface area contributed by atoms with Gasteiger partial charge < -0.3 is 0 Å². The van der Waals surface area contributed by atoms with E-state index in [-0.39, 0.29) is 0 Å². The molecule has 2 atom stereocenters. The van der Waals surface area contributed by atoms with E-state index in [0.29, 0.717) is 0 Å². The summed E-state index contributed by atoms with van der Waals surface area (Å²) in [6.07, 6.45) is -13.3. The summed E-state index contributed by atoms with van der Waals surface area (Å²) >= 11 is 0. The van der Waals surface area contributed by atoms with Crippen molar-refractivity contribution < 1.29 is 35.5 Å². The first-order valence-corrected chi connectivity index (χ1v) is 2.53. The van der Waals surface area contributed by atoms with Gasteiger partial charge in [0.2, 0.25) is 6.36 Å². The van der Waals surface area contributed by atoms with Crippen LogP contribution < -0.4 is 0 Å². The lowest BCUT2D eigenvalue weighted by molar-refractivity contribution is -0.276. The molecule has 8 heteroatoms. The normalized spacial score (nSPS) is 18.0. The Morgan fingerprint density at radius 1 is 0.917 bits per heavy atom. The fraction of sp³-hybridized carbons (Fsp3) is 1.00. The highest BCUT2D eigenvalue weighted by Gasteiger charge is 2.47.